The number of nitrogens with one attached hydrogen (secondary N) is 1. The highest BCUT2D eigenvalue weighted by atomic mass is 79.9. The average Bonchev–Trinajstić information content (AvgIpc) is 3.07. The van der Waals surface area contributed by atoms with E-state index in [0.29, 0.717) is 16.6 Å². The smallest absolute Gasteiger partial charge is 0.333 e. The second-order valence-electron chi connectivity index (χ2n) is 9.42. The Bertz CT molecular complexity index is 1500. The molecule has 0 bridgehead atoms. The third-order valence-electron chi connectivity index (χ3n) is 6.43. The van der Waals surface area contributed by atoms with Crippen LogP contribution in [0.1, 0.15) is 34.3 Å². The molecule has 4 aromatic rings. The molecule has 0 fully saturated rings. The molecule has 0 saturated heterocycles. The van der Waals surface area contributed by atoms with Crippen LogP contribution < -0.4 is 19.5 Å². The lowest BCUT2D eigenvalue weighted by Gasteiger charge is -2.22. The van der Waals surface area contributed by atoms with Crippen LogP contribution in [0.25, 0.3) is 10.4 Å². The highest BCUT2D eigenvalue weighted by Crippen LogP contribution is 2.42. The van der Waals surface area contributed by atoms with Crippen molar-refractivity contribution in [1.82, 2.24) is 5.32 Å². The fraction of sp³-hybridized carbons (Fsp3) is 0.212. The van der Waals surface area contributed by atoms with E-state index in [1.165, 1.54) is 7.11 Å². The molecule has 0 saturated carbocycles. The summed E-state index contributed by atoms with van der Waals surface area (Å²) in [5.41, 5.74) is 12.1. The summed E-state index contributed by atoms with van der Waals surface area (Å²) in [7, 11) is 1.49. The predicted octanol–water partition coefficient (Wildman–Crippen LogP) is 7.00. The van der Waals surface area contributed by atoms with Gasteiger partial charge in [0, 0.05) is 10.2 Å². The SMILES string of the molecule is COc1c(OCc2ccccc2)cc([C@@H](N=[N+]=[N-])C(=O)N[C@@H](C(=O)OCCBr)c2ccccc2)cc1OCc1ccccc1. The van der Waals surface area contributed by atoms with Gasteiger partial charge in [0.25, 0.3) is 0 Å². The highest BCUT2D eigenvalue weighted by molar-refractivity contribution is 9.09. The second-order valence-corrected chi connectivity index (χ2v) is 10.2. The van der Waals surface area contributed by atoms with Crippen LogP contribution >= 0.6 is 15.9 Å². The zero-order chi connectivity index (χ0) is 31.1. The molecule has 44 heavy (non-hydrogen) atoms. The number of halogens is 1. The number of azide groups is 1. The van der Waals surface area contributed by atoms with Gasteiger partial charge < -0.3 is 24.3 Å². The minimum atomic E-state index is -1.39. The summed E-state index contributed by atoms with van der Waals surface area (Å²) in [4.78, 5) is 29.6. The molecule has 0 aliphatic rings. The molecule has 1 amide bonds. The van der Waals surface area contributed by atoms with E-state index in [0.717, 1.165) is 11.1 Å². The third-order valence-corrected chi connectivity index (χ3v) is 6.75. The largest absolute Gasteiger partial charge is 0.490 e. The van der Waals surface area contributed by atoms with Gasteiger partial charge in [0.05, 0.1) is 7.11 Å². The Kier molecular flexibility index (Phi) is 12.0. The van der Waals surface area contributed by atoms with Crippen molar-refractivity contribution >= 4 is 27.8 Å². The Morgan fingerprint density at radius 2 is 1.36 bits per heavy atom. The van der Waals surface area contributed by atoms with Crippen molar-refractivity contribution < 1.29 is 28.5 Å². The van der Waals surface area contributed by atoms with Gasteiger partial charge >= 0.3 is 5.97 Å². The number of alkyl halides is 1. The number of rotatable bonds is 15. The van der Waals surface area contributed by atoms with Crippen molar-refractivity contribution in [2.45, 2.75) is 25.3 Å². The number of nitrogens with zero attached hydrogens (tertiary/aromatic N) is 3. The number of carbonyl (C=O) groups excluding carboxylic acids is 2. The van der Waals surface area contributed by atoms with E-state index >= 15 is 0 Å². The van der Waals surface area contributed by atoms with Crippen LogP contribution in [-0.4, -0.2) is 30.9 Å². The summed E-state index contributed by atoms with van der Waals surface area (Å²) in [6.07, 6.45) is 0. The lowest BCUT2D eigenvalue weighted by molar-refractivity contribution is -0.147. The van der Waals surface area contributed by atoms with Gasteiger partial charge in [-0.05, 0) is 39.9 Å². The molecule has 0 unspecified atom stereocenters. The van der Waals surface area contributed by atoms with E-state index in [4.69, 9.17) is 18.9 Å². The molecule has 0 aliphatic heterocycles. The van der Waals surface area contributed by atoms with Crippen molar-refractivity contribution in [3.8, 4) is 17.2 Å². The minimum absolute atomic E-state index is 0.112. The summed E-state index contributed by atoms with van der Waals surface area (Å²) < 4.78 is 23.3. The molecule has 1 N–H and O–H groups in total. The highest BCUT2D eigenvalue weighted by Gasteiger charge is 2.30. The minimum Gasteiger partial charge on any atom is -0.490 e. The maximum atomic E-state index is 13.7. The van der Waals surface area contributed by atoms with Crippen LogP contribution in [0.4, 0.5) is 0 Å². The first-order valence-corrected chi connectivity index (χ1v) is 14.8. The summed E-state index contributed by atoms with van der Waals surface area (Å²) >= 11 is 3.24. The topological polar surface area (TPSA) is 132 Å². The van der Waals surface area contributed by atoms with Crippen LogP contribution in [0.3, 0.4) is 0 Å². The van der Waals surface area contributed by atoms with Crippen LogP contribution in [0.15, 0.2) is 108 Å². The number of ether oxygens (including phenoxy) is 4. The first kappa shape index (κ1) is 31.9. The quantitative estimate of drug-likeness (QED) is 0.0481. The Balaban J connectivity index is 1.70. The van der Waals surface area contributed by atoms with Gasteiger partial charge in [0.2, 0.25) is 11.7 Å². The molecule has 0 radical (unpaired) electrons. The van der Waals surface area contributed by atoms with Gasteiger partial charge in [-0.3, -0.25) is 4.79 Å². The molecule has 0 aliphatic carbocycles. The number of hydrogen-bond donors (Lipinski definition) is 1. The van der Waals surface area contributed by atoms with E-state index in [1.807, 2.05) is 60.7 Å². The van der Waals surface area contributed by atoms with Crippen molar-refractivity contribution in [3.05, 3.63) is 136 Å². The van der Waals surface area contributed by atoms with Crippen molar-refractivity contribution in [3.63, 3.8) is 0 Å². The monoisotopic (exact) mass is 658 g/mol. The van der Waals surface area contributed by atoms with Gasteiger partial charge in [-0.15, -0.1) is 0 Å². The van der Waals surface area contributed by atoms with E-state index < -0.39 is 24.0 Å². The summed E-state index contributed by atoms with van der Waals surface area (Å²) in [6, 6.07) is 28.3. The molecular formula is C33H31BrN4O6. The Labute approximate surface area is 263 Å². The predicted molar refractivity (Wildman–Crippen MR) is 169 cm³/mol. The number of methoxy groups -OCH3 is 1. The number of carbonyl (C=O) groups is 2. The molecular weight excluding hydrogens is 628 g/mol. The maximum absolute atomic E-state index is 13.7. The Morgan fingerprint density at radius 3 is 1.84 bits per heavy atom. The number of amides is 1. The molecule has 2 atom stereocenters. The average molecular weight is 660 g/mol. The van der Waals surface area contributed by atoms with Crippen LogP contribution in [0.5, 0.6) is 17.2 Å². The van der Waals surface area contributed by atoms with Crippen LogP contribution in [-0.2, 0) is 27.5 Å². The molecule has 0 spiro atoms. The molecule has 10 nitrogen and oxygen atoms in total. The normalized spacial score (nSPS) is 11.8. The van der Waals surface area contributed by atoms with Crippen molar-refractivity contribution in [2.75, 3.05) is 19.0 Å². The molecule has 4 aromatic carbocycles. The third kappa shape index (κ3) is 8.76. The van der Waals surface area contributed by atoms with E-state index in [9.17, 15) is 15.1 Å². The molecule has 226 valence electrons. The maximum Gasteiger partial charge on any atom is 0.333 e. The number of esters is 1. The van der Waals surface area contributed by atoms with Gasteiger partial charge in [-0.2, -0.15) is 0 Å². The standard InChI is InChI=1S/C33H31BrN4O6/c1-41-31-27(43-21-23-11-5-2-6-12-23)19-26(20-28(31)44-22-24-13-7-3-8-14-24)29(37-38-35)32(39)36-30(33(40)42-18-17-34)25-15-9-4-10-16-25/h2-16,19-20,29-30H,17-18,21-22H2,1H3,(H,36,39)/t29-,30-/m1/s1. The van der Waals surface area contributed by atoms with Crippen molar-refractivity contribution in [2.24, 2.45) is 5.11 Å². The van der Waals surface area contributed by atoms with Crippen LogP contribution in [0, 0.1) is 0 Å². The zero-order valence-electron chi connectivity index (χ0n) is 24.0. The number of hydrogen-bond acceptors (Lipinski definition) is 7. The fourth-order valence-corrected chi connectivity index (χ4v) is 4.49. The Morgan fingerprint density at radius 1 is 0.841 bits per heavy atom. The van der Waals surface area contributed by atoms with Gasteiger partial charge in [-0.1, -0.05) is 112 Å². The first-order valence-electron chi connectivity index (χ1n) is 13.7. The van der Waals surface area contributed by atoms with Gasteiger partial charge in [-0.25, -0.2) is 4.79 Å². The second kappa shape index (κ2) is 16.6. The summed E-state index contributed by atoms with van der Waals surface area (Å²) in [6.45, 7) is 0.514. The van der Waals surface area contributed by atoms with Crippen LogP contribution in [0.2, 0.25) is 0 Å². The van der Waals surface area contributed by atoms with Crippen molar-refractivity contribution in [1.29, 1.82) is 0 Å². The van der Waals surface area contributed by atoms with E-state index in [-0.39, 0.29) is 36.9 Å². The molecule has 11 heteroatoms. The molecule has 0 aromatic heterocycles. The first-order chi connectivity index (χ1) is 21.5. The summed E-state index contributed by atoms with van der Waals surface area (Å²) in [5, 5.41) is 6.93. The lowest BCUT2D eigenvalue weighted by Crippen LogP contribution is -2.37. The van der Waals surface area contributed by atoms with Gasteiger partial charge in [0.15, 0.2) is 17.5 Å². The Hall–Kier alpha value is -4.99. The number of benzene rings is 4. The fourth-order valence-electron chi connectivity index (χ4n) is 4.33. The summed E-state index contributed by atoms with van der Waals surface area (Å²) in [5.74, 6) is -0.516. The molecule has 0 heterocycles. The van der Waals surface area contributed by atoms with E-state index in [2.05, 4.69) is 31.3 Å². The van der Waals surface area contributed by atoms with E-state index in [1.54, 1.807) is 42.5 Å². The lowest BCUT2D eigenvalue weighted by atomic mass is 10.0. The molecule has 4 rings (SSSR count). The zero-order valence-corrected chi connectivity index (χ0v) is 25.6. The van der Waals surface area contributed by atoms with Gasteiger partial charge in [0.1, 0.15) is 25.9 Å².